The van der Waals surface area contributed by atoms with Crippen molar-refractivity contribution in [3.05, 3.63) is 59.9 Å². The number of carbonyl (C=O) groups excluding carboxylic acids is 2. The second-order valence-corrected chi connectivity index (χ2v) is 6.69. The molecule has 1 N–H and O–H groups in total. The van der Waals surface area contributed by atoms with E-state index in [0.29, 0.717) is 31.9 Å². The molecule has 1 aliphatic heterocycles. The van der Waals surface area contributed by atoms with Crippen molar-refractivity contribution < 1.29 is 22.8 Å². The first-order chi connectivity index (χ1) is 13.8. The Balaban J connectivity index is 1.46. The van der Waals surface area contributed by atoms with Gasteiger partial charge in [-0.25, -0.2) is 0 Å². The number of nitrogens with zero attached hydrogens (tertiary/aromatic N) is 3. The average Bonchev–Trinajstić information content (AvgIpc) is 2.72. The second-order valence-electron chi connectivity index (χ2n) is 6.69. The Bertz CT molecular complexity index is 850. The third-order valence-electron chi connectivity index (χ3n) is 4.68. The smallest absolute Gasteiger partial charge is 0.376 e. The van der Waals surface area contributed by atoms with Crippen molar-refractivity contribution in [3.8, 4) is 0 Å². The number of anilines is 1. The number of rotatable bonds is 5. The molecule has 1 fully saturated rings. The predicted octanol–water partition coefficient (Wildman–Crippen LogP) is 2.43. The van der Waals surface area contributed by atoms with Crippen LogP contribution in [-0.2, 0) is 22.2 Å². The largest absolute Gasteiger partial charge is 0.416 e. The molecule has 0 spiro atoms. The van der Waals surface area contributed by atoms with Crippen LogP contribution < -0.4 is 5.32 Å². The zero-order valence-corrected chi connectivity index (χ0v) is 15.7. The van der Waals surface area contributed by atoms with Gasteiger partial charge in [0.05, 0.1) is 18.5 Å². The number of carbonyl (C=O) groups is 2. The van der Waals surface area contributed by atoms with Gasteiger partial charge in [-0.1, -0.05) is 12.1 Å². The van der Waals surface area contributed by atoms with Gasteiger partial charge in [0, 0.05) is 43.8 Å². The molecule has 3 rings (SSSR count). The molecular formula is C20H21F3N4O2. The number of alkyl halides is 3. The number of hydrogen-bond donors (Lipinski definition) is 1. The van der Waals surface area contributed by atoms with Gasteiger partial charge >= 0.3 is 6.18 Å². The molecule has 9 heteroatoms. The van der Waals surface area contributed by atoms with E-state index in [-0.39, 0.29) is 30.5 Å². The Morgan fingerprint density at radius 1 is 0.966 bits per heavy atom. The van der Waals surface area contributed by atoms with Crippen LogP contribution in [0.25, 0.3) is 0 Å². The number of aromatic nitrogens is 1. The maximum atomic E-state index is 12.8. The summed E-state index contributed by atoms with van der Waals surface area (Å²) in [5.41, 5.74) is 0.161. The quantitative estimate of drug-likeness (QED) is 0.829. The predicted molar refractivity (Wildman–Crippen MR) is 101 cm³/mol. The molecule has 0 radical (unpaired) electrons. The normalized spacial score (nSPS) is 14.6. The van der Waals surface area contributed by atoms with Crippen LogP contribution in [0.15, 0.2) is 48.7 Å². The number of benzene rings is 1. The molecule has 0 aliphatic carbocycles. The fraction of sp³-hybridized carbons (Fsp3) is 0.350. The van der Waals surface area contributed by atoms with Crippen molar-refractivity contribution in [3.63, 3.8) is 0 Å². The second kappa shape index (κ2) is 8.93. The highest BCUT2D eigenvalue weighted by atomic mass is 19.4. The number of hydrogen-bond acceptors (Lipinski definition) is 4. The Kier molecular flexibility index (Phi) is 6.36. The molecule has 1 saturated heterocycles. The van der Waals surface area contributed by atoms with Gasteiger partial charge in [-0.05, 0) is 30.3 Å². The summed E-state index contributed by atoms with van der Waals surface area (Å²) in [5.74, 6) is -0.267. The van der Waals surface area contributed by atoms with Crippen molar-refractivity contribution in [2.45, 2.75) is 12.6 Å². The van der Waals surface area contributed by atoms with E-state index in [1.54, 1.807) is 28.1 Å². The van der Waals surface area contributed by atoms with E-state index in [1.807, 2.05) is 6.07 Å². The van der Waals surface area contributed by atoms with Gasteiger partial charge in [0.25, 0.3) is 0 Å². The van der Waals surface area contributed by atoms with Gasteiger partial charge in [-0.3, -0.25) is 14.6 Å². The molecule has 2 aromatic rings. The first kappa shape index (κ1) is 20.6. The molecule has 29 heavy (non-hydrogen) atoms. The first-order valence-corrected chi connectivity index (χ1v) is 9.19. The zero-order valence-electron chi connectivity index (χ0n) is 15.7. The number of amides is 2. The van der Waals surface area contributed by atoms with Gasteiger partial charge in [-0.2, -0.15) is 13.2 Å². The molecule has 154 valence electrons. The molecule has 1 aromatic heterocycles. The minimum absolute atomic E-state index is 0.0436. The molecule has 1 aliphatic rings. The summed E-state index contributed by atoms with van der Waals surface area (Å²) in [6.07, 6.45) is -2.58. The summed E-state index contributed by atoms with van der Waals surface area (Å²) in [6, 6.07) is 10.1. The lowest BCUT2D eigenvalue weighted by molar-refractivity contribution is -0.138. The van der Waals surface area contributed by atoms with E-state index in [4.69, 9.17) is 0 Å². The Labute approximate surface area is 166 Å². The van der Waals surface area contributed by atoms with Gasteiger partial charge < -0.3 is 15.1 Å². The van der Waals surface area contributed by atoms with Crippen molar-refractivity contribution in [1.82, 2.24) is 14.8 Å². The lowest BCUT2D eigenvalue weighted by Gasteiger charge is -2.35. The number of piperazine rings is 1. The minimum atomic E-state index is -4.43. The highest BCUT2D eigenvalue weighted by molar-refractivity contribution is 5.82. The molecule has 6 nitrogen and oxygen atoms in total. The van der Waals surface area contributed by atoms with Crippen molar-refractivity contribution in [1.29, 1.82) is 0 Å². The summed E-state index contributed by atoms with van der Waals surface area (Å²) in [4.78, 5) is 32.1. The van der Waals surface area contributed by atoms with Crippen LogP contribution in [0.1, 0.15) is 11.3 Å². The van der Waals surface area contributed by atoms with Crippen molar-refractivity contribution >= 4 is 17.5 Å². The zero-order chi connectivity index (χ0) is 20.9. The summed E-state index contributed by atoms with van der Waals surface area (Å²) in [6.45, 7) is 1.50. The van der Waals surface area contributed by atoms with Crippen LogP contribution in [0.4, 0.5) is 18.9 Å². The summed E-state index contributed by atoms with van der Waals surface area (Å²) in [7, 11) is 0. The lowest BCUT2D eigenvalue weighted by Crippen LogP contribution is -2.52. The molecule has 0 saturated carbocycles. The van der Waals surface area contributed by atoms with Crippen LogP contribution in [0.3, 0.4) is 0 Å². The van der Waals surface area contributed by atoms with Gasteiger partial charge in [0.2, 0.25) is 11.8 Å². The minimum Gasteiger partial charge on any atom is -0.376 e. The maximum absolute atomic E-state index is 12.8. The topological polar surface area (TPSA) is 65.5 Å². The third-order valence-corrected chi connectivity index (χ3v) is 4.68. The average molecular weight is 406 g/mol. The lowest BCUT2D eigenvalue weighted by atomic mass is 10.2. The third kappa shape index (κ3) is 5.69. The van der Waals surface area contributed by atoms with Crippen LogP contribution in [0.2, 0.25) is 0 Å². The number of nitrogens with one attached hydrogen (secondary N) is 1. The summed E-state index contributed by atoms with van der Waals surface area (Å²) in [5, 5.41) is 2.74. The summed E-state index contributed by atoms with van der Waals surface area (Å²) < 4.78 is 38.3. The van der Waals surface area contributed by atoms with E-state index in [2.05, 4.69) is 10.3 Å². The Morgan fingerprint density at radius 3 is 2.28 bits per heavy atom. The highest BCUT2D eigenvalue weighted by Gasteiger charge is 2.30. The SMILES string of the molecule is O=C(CNc1cccc(C(F)(F)F)c1)N1CCN(C(=O)Cc2ccccn2)CC1. The first-order valence-electron chi connectivity index (χ1n) is 9.19. The monoisotopic (exact) mass is 406 g/mol. The van der Waals surface area contributed by atoms with Crippen LogP contribution in [-0.4, -0.2) is 59.3 Å². The summed E-state index contributed by atoms with van der Waals surface area (Å²) >= 11 is 0. The molecule has 2 amide bonds. The van der Waals surface area contributed by atoms with Gasteiger partial charge in [0.1, 0.15) is 0 Å². The molecule has 2 heterocycles. The van der Waals surface area contributed by atoms with E-state index in [1.165, 1.54) is 12.1 Å². The fourth-order valence-electron chi connectivity index (χ4n) is 3.07. The Hall–Kier alpha value is -3.10. The maximum Gasteiger partial charge on any atom is 0.416 e. The Morgan fingerprint density at radius 2 is 1.66 bits per heavy atom. The van der Waals surface area contributed by atoms with E-state index < -0.39 is 11.7 Å². The highest BCUT2D eigenvalue weighted by Crippen LogP contribution is 2.30. The molecule has 1 aromatic carbocycles. The fourth-order valence-corrected chi connectivity index (χ4v) is 3.07. The molecule has 0 atom stereocenters. The van der Waals surface area contributed by atoms with Crippen molar-refractivity contribution in [2.24, 2.45) is 0 Å². The molecular weight excluding hydrogens is 385 g/mol. The molecule has 0 unspecified atom stereocenters. The van der Waals surface area contributed by atoms with E-state index >= 15 is 0 Å². The van der Waals surface area contributed by atoms with Gasteiger partial charge in [-0.15, -0.1) is 0 Å². The van der Waals surface area contributed by atoms with Crippen molar-refractivity contribution in [2.75, 3.05) is 38.0 Å². The number of pyridine rings is 1. The number of halogens is 3. The standard InChI is InChI=1S/C20H21F3N4O2/c21-20(22,23)15-4-3-6-16(12-15)25-14-19(29)27-10-8-26(9-11-27)18(28)13-17-5-1-2-7-24-17/h1-7,12,25H,8-11,13-14H2. The molecule has 0 bridgehead atoms. The van der Waals surface area contributed by atoms with Gasteiger partial charge in [0.15, 0.2) is 0 Å². The van der Waals surface area contributed by atoms with Crippen LogP contribution >= 0.6 is 0 Å². The van der Waals surface area contributed by atoms with E-state index in [0.717, 1.165) is 12.1 Å². The van der Waals surface area contributed by atoms with Crippen LogP contribution in [0, 0.1) is 0 Å². The van der Waals surface area contributed by atoms with Crippen LogP contribution in [0.5, 0.6) is 0 Å². The van der Waals surface area contributed by atoms with E-state index in [9.17, 15) is 22.8 Å².